The largest absolute Gasteiger partial charge is 0.375 e. The van der Waals surface area contributed by atoms with Crippen LogP contribution in [0.1, 0.15) is 5.56 Å². The molecule has 8 heteroatoms. The average molecular weight is 413 g/mol. The number of para-hydroxylation sites is 1. The van der Waals surface area contributed by atoms with Gasteiger partial charge in [-0.3, -0.25) is 4.79 Å². The molecule has 0 spiro atoms. The number of thiazole rings is 1. The number of aromatic nitrogens is 3. The molecule has 2 N–H and O–H groups in total. The van der Waals surface area contributed by atoms with E-state index in [2.05, 4.69) is 10.1 Å². The monoisotopic (exact) mass is 412 g/mol. The quantitative estimate of drug-likeness (QED) is 0.529. The van der Waals surface area contributed by atoms with Gasteiger partial charge in [-0.1, -0.05) is 41.1 Å². The zero-order valence-corrected chi connectivity index (χ0v) is 16.3. The van der Waals surface area contributed by atoms with E-state index < -0.39 is 5.82 Å². The fourth-order valence-corrected chi connectivity index (χ4v) is 3.95. The Hall–Kier alpha value is -3.03. The summed E-state index contributed by atoms with van der Waals surface area (Å²) in [6, 6.07) is 14.6. The molecule has 5 nitrogen and oxygen atoms in total. The van der Waals surface area contributed by atoms with Gasteiger partial charge in [0.15, 0.2) is 5.13 Å². The maximum Gasteiger partial charge on any atom is 0.271 e. The van der Waals surface area contributed by atoms with E-state index in [-0.39, 0.29) is 10.6 Å². The molecule has 2 heterocycles. The molecular weight excluding hydrogens is 399 g/mol. The predicted octanol–water partition coefficient (Wildman–Crippen LogP) is 4.71. The lowest BCUT2D eigenvalue weighted by Gasteiger charge is -2.10. The molecule has 0 aliphatic carbocycles. The standard InChI is InChI=1S/C20H14ClFN4OS/c1-11-4-2-3-5-16(11)26-17(27)9-8-15(25-26)19-18(24-20(23)28-19)13-7-6-12(22)10-14(13)21/h2-10H,1H3,(H2,23,24). The first-order valence-electron chi connectivity index (χ1n) is 8.32. The third-order valence-corrected chi connectivity index (χ3v) is 5.43. The lowest BCUT2D eigenvalue weighted by molar-refractivity contribution is 0.628. The Bertz CT molecular complexity index is 1250. The number of nitrogen functional groups attached to an aromatic ring is 1. The maximum absolute atomic E-state index is 13.4. The lowest BCUT2D eigenvalue weighted by atomic mass is 10.1. The second-order valence-corrected chi connectivity index (χ2v) is 7.55. The van der Waals surface area contributed by atoms with E-state index in [9.17, 15) is 9.18 Å². The summed E-state index contributed by atoms with van der Waals surface area (Å²) >= 11 is 7.44. The first-order chi connectivity index (χ1) is 13.4. The van der Waals surface area contributed by atoms with Crippen molar-refractivity contribution in [2.45, 2.75) is 6.92 Å². The van der Waals surface area contributed by atoms with Crippen molar-refractivity contribution >= 4 is 28.1 Å². The normalized spacial score (nSPS) is 11.0. The molecule has 4 aromatic rings. The molecule has 0 radical (unpaired) electrons. The van der Waals surface area contributed by atoms with E-state index in [1.54, 1.807) is 12.1 Å². The molecule has 2 aromatic carbocycles. The number of hydrogen-bond donors (Lipinski definition) is 1. The van der Waals surface area contributed by atoms with Gasteiger partial charge in [-0.25, -0.2) is 9.37 Å². The highest BCUT2D eigenvalue weighted by molar-refractivity contribution is 7.19. The second kappa shape index (κ2) is 7.18. The van der Waals surface area contributed by atoms with Crippen LogP contribution in [0.5, 0.6) is 0 Å². The van der Waals surface area contributed by atoms with Gasteiger partial charge >= 0.3 is 0 Å². The number of nitrogens with two attached hydrogens (primary N) is 1. The molecular formula is C20H14ClFN4OS. The Balaban J connectivity index is 1.91. The van der Waals surface area contributed by atoms with Gasteiger partial charge in [0.05, 0.1) is 21.3 Å². The van der Waals surface area contributed by atoms with Crippen LogP contribution in [0.2, 0.25) is 5.02 Å². The Morgan fingerprint density at radius 3 is 2.68 bits per heavy atom. The maximum atomic E-state index is 13.4. The average Bonchev–Trinajstić information content (AvgIpc) is 3.04. The minimum atomic E-state index is -0.440. The molecule has 0 unspecified atom stereocenters. The number of aryl methyl sites for hydroxylation is 1. The number of hydrogen-bond acceptors (Lipinski definition) is 5. The van der Waals surface area contributed by atoms with Crippen LogP contribution in [0, 0.1) is 12.7 Å². The van der Waals surface area contributed by atoms with Crippen LogP contribution in [-0.2, 0) is 0 Å². The Labute approximate surface area is 168 Å². The number of benzene rings is 2. The van der Waals surface area contributed by atoms with Crippen molar-refractivity contribution in [1.82, 2.24) is 14.8 Å². The molecule has 0 amide bonds. The molecule has 0 aliphatic heterocycles. The molecule has 0 atom stereocenters. The molecule has 0 aliphatic rings. The Morgan fingerprint density at radius 2 is 1.93 bits per heavy atom. The molecule has 2 aromatic heterocycles. The first-order valence-corrected chi connectivity index (χ1v) is 9.52. The second-order valence-electron chi connectivity index (χ2n) is 6.11. The Morgan fingerprint density at radius 1 is 1.14 bits per heavy atom. The van der Waals surface area contributed by atoms with Gasteiger partial charge in [0.1, 0.15) is 11.5 Å². The van der Waals surface area contributed by atoms with Gasteiger partial charge in [0.2, 0.25) is 0 Å². The minimum absolute atomic E-state index is 0.221. The van der Waals surface area contributed by atoms with Crippen molar-refractivity contribution in [3.05, 3.63) is 81.4 Å². The molecule has 0 saturated carbocycles. The van der Waals surface area contributed by atoms with E-state index in [1.165, 1.54) is 34.2 Å². The van der Waals surface area contributed by atoms with E-state index in [0.29, 0.717) is 32.6 Å². The summed E-state index contributed by atoms with van der Waals surface area (Å²) in [5.74, 6) is -0.440. The molecule has 0 saturated heterocycles. The van der Waals surface area contributed by atoms with Crippen LogP contribution < -0.4 is 11.3 Å². The lowest BCUT2D eigenvalue weighted by Crippen LogP contribution is -2.21. The van der Waals surface area contributed by atoms with Crippen LogP contribution in [0.4, 0.5) is 9.52 Å². The van der Waals surface area contributed by atoms with Crippen molar-refractivity contribution in [1.29, 1.82) is 0 Å². The van der Waals surface area contributed by atoms with Crippen molar-refractivity contribution in [2.75, 3.05) is 5.73 Å². The predicted molar refractivity (Wildman–Crippen MR) is 110 cm³/mol. The molecule has 0 bridgehead atoms. The number of nitrogens with zero attached hydrogens (tertiary/aromatic N) is 3. The highest BCUT2D eigenvalue weighted by Gasteiger charge is 2.19. The summed E-state index contributed by atoms with van der Waals surface area (Å²) in [6.45, 7) is 1.91. The van der Waals surface area contributed by atoms with E-state index in [0.717, 1.165) is 5.56 Å². The highest BCUT2D eigenvalue weighted by atomic mass is 35.5. The third kappa shape index (κ3) is 3.30. The van der Waals surface area contributed by atoms with Gasteiger partial charge in [-0.15, -0.1) is 0 Å². The van der Waals surface area contributed by atoms with Crippen molar-refractivity contribution < 1.29 is 4.39 Å². The third-order valence-electron chi connectivity index (χ3n) is 4.21. The summed E-state index contributed by atoms with van der Waals surface area (Å²) in [5.41, 5.74) is 8.84. The zero-order valence-electron chi connectivity index (χ0n) is 14.7. The van der Waals surface area contributed by atoms with Crippen molar-refractivity contribution in [3.8, 4) is 27.5 Å². The highest BCUT2D eigenvalue weighted by Crippen LogP contribution is 2.39. The number of halogens is 2. The topological polar surface area (TPSA) is 73.8 Å². The Kier molecular flexibility index (Phi) is 4.70. The number of rotatable bonds is 3. The SMILES string of the molecule is Cc1ccccc1-n1nc(-c2sc(N)nc2-c2ccc(F)cc2Cl)ccc1=O. The minimum Gasteiger partial charge on any atom is -0.375 e. The summed E-state index contributed by atoms with van der Waals surface area (Å²) in [5, 5.41) is 5.06. The molecule has 140 valence electrons. The molecule has 0 fully saturated rings. The summed E-state index contributed by atoms with van der Waals surface area (Å²) in [6.07, 6.45) is 0. The molecule has 4 rings (SSSR count). The van der Waals surface area contributed by atoms with Gasteiger partial charge in [0.25, 0.3) is 5.56 Å². The summed E-state index contributed by atoms with van der Waals surface area (Å²) in [7, 11) is 0. The molecule has 28 heavy (non-hydrogen) atoms. The van der Waals surface area contributed by atoms with Crippen molar-refractivity contribution in [2.24, 2.45) is 0 Å². The van der Waals surface area contributed by atoms with Crippen LogP contribution in [-0.4, -0.2) is 14.8 Å². The van der Waals surface area contributed by atoms with Gasteiger partial charge in [0, 0.05) is 11.6 Å². The number of anilines is 1. The smallest absolute Gasteiger partial charge is 0.271 e. The van der Waals surface area contributed by atoms with Crippen LogP contribution in [0.3, 0.4) is 0 Å². The fraction of sp³-hybridized carbons (Fsp3) is 0.0500. The van der Waals surface area contributed by atoms with Crippen molar-refractivity contribution in [3.63, 3.8) is 0 Å². The van der Waals surface area contributed by atoms with Gasteiger partial charge in [-0.05, 0) is 42.8 Å². The van der Waals surface area contributed by atoms with E-state index in [1.807, 2.05) is 31.2 Å². The zero-order chi connectivity index (χ0) is 19.8. The summed E-state index contributed by atoms with van der Waals surface area (Å²) < 4.78 is 14.8. The van der Waals surface area contributed by atoms with E-state index >= 15 is 0 Å². The van der Waals surface area contributed by atoms with Crippen LogP contribution in [0.15, 0.2) is 59.4 Å². The van der Waals surface area contributed by atoms with Gasteiger partial charge < -0.3 is 5.73 Å². The van der Waals surface area contributed by atoms with E-state index in [4.69, 9.17) is 17.3 Å². The van der Waals surface area contributed by atoms with Gasteiger partial charge in [-0.2, -0.15) is 9.78 Å². The van der Waals surface area contributed by atoms with Crippen LogP contribution in [0.25, 0.3) is 27.5 Å². The first kappa shape index (κ1) is 18.3. The summed E-state index contributed by atoms with van der Waals surface area (Å²) in [4.78, 5) is 17.4. The fourth-order valence-electron chi connectivity index (χ4n) is 2.88. The van der Waals surface area contributed by atoms with Crippen LogP contribution >= 0.6 is 22.9 Å².